The van der Waals surface area contributed by atoms with Crippen LogP contribution in [0.15, 0.2) is 0 Å². The van der Waals surface area contributed by atoms with E-state index in [4.69, 9.17) is 0 Å². The van der Waals surface area contributed by atoms with Crippen molar-refractivity contribution in [1.82, 2.24) is 9.62 Å². The highest BCUT2D eigenvalue weighted by molar-refractivity contribution is 7.89. The molecule has 1 atom stereocenters. The molecule has 0 aromatic rings. The Bertz CT molecular complexity index is 407. The lowest BCUT2D eigenvalue weighted by atomic mass is 10.1. The first kappa shape index (κ1) is 17.4. The van der Waals surface area contributed by atoms with E-state index in [0.29, 0.717) is 31.8 Å². The Morgan fingerprint density at radius 2 is 2.10 bits per heavy atom. The summed E-state index contributed by atoms with van der Waals surface area (Å²) in [4.78, 5) is 12.1. The smallest absolute Gasteiger partial charge is 0.238 e. The molecule has 5 nitrogen and oxygen atoms in total. The summed E-state index contributed by atoms with van der Waals surface area (Å²) < 4.78 is 25.6. The summed E-state index contributed by atoms with van der Waals surface area (Å²) in [5.74, 6) is 0.621. The fraction of sp³-hybridized carbons (Fsp3) is 0.929. The topological polar surface area (TPSA) is 66.5 Å². The summed E-state index contributed by atoms with van der Waals surface area (Å²) in [5.41, 5.74) is 0. The molecule has 20 heavy (non-hydrogen) atoms. The molecular weight excluding hydrogens is 276 g/mol. The van der Waals surface area contributed by atoms with Crippen molar-refractivity contribution in [3.8, 4) is 0 Å². The molecule has 1 rings (SSSR count). The van der Waals surface area contributed by atoms with Crippen molar-refractivity contribution in [2.75, 3.05) is 18.8 Å². The fourth-order valence-corrected chi connectivity index (χ4v) is 4.30. The summed E-state index contributed by atoms with van der Waals surface area (Å²) >= 11 is 0. The number of amides is 1. The van der Waals surface area contributed by atoms with Crippen LogP contribution in [0.5, 0.6) is 0 Å². The Labute approximate surface area is 123 Å². The quantitative estimate of drug-likeness (QED) is 0.695. The van der Waals surface area contributed by atoms with E-state index in [1.165, 1.54) is 4.31 Å². The molecule has 1 amide bonds. The van der Waals surface area contributed by atoms with Crippen molar-refractivity contribution in [2.45, 2.75) is 58.9 Å². The lowest BCUT2D eigenvalue weighted by Gasteiger charge is -2.23. The Hall–Kier alpha value is -0.620. The minimum absolute atomic E-state index is 0.129. The number of nitrogens with zero attached hydrogens (tertiary/aromatic N) is 1. The molecule has 0 aromatic carbocycles. The molecule has 1 unspecified atom stereocenters. The minimum atomic E-state index is -3.28. The van der Waals surface area contributed by atoms with Crippen LogP contribution in [0.25, 0.3) is 0 Å². The summed E-state index contributed by atoms with van der Waals surface area (Å²) in [6, 6.07) is -0.495. The van der Waals surface area contributed by atoms with Gasteiger partial charge in [0.25, 0.3) is 0 Å². The average Bonchev–Trinajstić information content (AvgIpc) is 2.84. The van der Waals surface area contributed by atoms with Gasteiger partial charge in [0.05, 0.1) is 5.75 Å². The van der Waals surface area contributed by atoms with Gasteiger partial charge in [-0.1, -0.05) is 20.8 Å². The first-order chi connectivity index (χ1) is 9.38. The number of hydrogen-bond acceptors (Lipinski definition) is 3. The van der Waals surface area contributed by atoms with Crippen LogP contribution in [0.3, 0.4) is 0 Å². The van der Waals surface area contributed by atoms with Gasteiger partial charge in [0.15, 0.2) is 0 Å². The SMILES string of the molecule is CCCS(=O)(=O)N1CCCC1C(=O)NCCCC(C)C. The number of rotatable bonds is 8. The van der Waals surface area contributed by atoms with Gasteiger partial charge in [0.1, 0.15) is 6.04 Å². The van der Waals surface area contributed by atoms with E-state index in [0.717, 1.165) is 19.3 Å². The minimum Gasteiger partial charge on any atom is -0.355 e. The summed E-state index contributed by atoms with van der Waals surface area (Å²) in [6.45, 7) is 7.26. The Morgan fingerprint density at radius 1 is 1.40 bits per heavy atom. The fourth-order valence-electron chi connectivity index (χ4n) is 2.55. The third-order valence-corrected chi connectivity index (χ3v) is 5.66. The van der Waals surface area contributed by atoms with Crippen LogP contribution in [0.1, 0.15) is 52.9 Å². The second-order valence-electron chi connectivity index (χ2n) is 5.91. The van der Waals surface area contributed by atoms with Crippen molar-refractivity contribution < 1.29 is 13.2 Å². The number of sulfonamides is 1. The van der Waals surface area contributed by atoms with Crippen LogP contribution >= 0.6 is 0 Å². The molecule has 1 N–H and O–H groups in total. The molecule has 0 aromatic heterocycles. The van der Waals surface area contributed by atoms with Crippen molar-refractivity contribution in [3.05, 3.63) is 0 Å². The van der Waals surface area contributed by atoms with Gasteiger partial charge in [0.2, 0.25) is 15.9 Å². The van der Waals surface area contributed by atoms with Crippen molar-refractivity contribution in [2.24, 2.45) is 5.92 Å². The maximum Gasteiger partial charge on any atom is 0.238 e. The van der Waals surface area contributed by atoms with E-state index < -0.39 is 16.1 Å². The number of carbonyl (C=O) groups excluding carboxylic acids is 1. The normalized spacial score (nSPS) is 20.5. The van der Waals surface area contributed by atoms with Crippen molar-refractivity contribution in [1.29, 1.82) is 0 Å². The summed E-state index contributed by atoms with van der Waals surface area (Å²) in [7, 11) is -3.28. The molecule has 118 valence electrons. The molecule has 1 heterocycles. The predicted molar refractivity (Wildman–Crippen MR) is 80.9 cm³/mol. The molecule has 0 bridgehead atoms. The van der Waals surface area contributed by atoms with Gasteiger partial charge in [-0.3, -0.25) is 4.79 Å². The molecule has 0 spiro atoms. The van der Waals surface area contributed by atoms with Gasteiger partial charge in [-0.15, -0.1) is 0 Å². The molecule has 1 fully saturated rings. The first-order valence-electron chi connectivity index (χ1n) is 7.65. The summed E-state index contributed by atoms with van der Waals surface area (Å²) in [5, 5.41) is 2.88. The Balaban J connectivity index is 2.50. The maximum absolute atomic E-state index is 12.1. The molecule has 1 aliphatic rings. The molecular formula is C14H28N2O3S. The standard InChI is InChI=1S/C14H28N2O3S/c1-4-11-20(18,19)16-10-6-8-13(16)14(17)15-9-5-7-12(2)3/h12-13H,4-11H2,1-3H3,(H,15,17). The van der Waals surface area contributed by atoms with Crippen molar-refractivity contribution in [3.63, 3.8) is 0 Å². The Morgan fingerprint density at radius 3 is 2.70 bits per heavy atom. The highest BCUT2D eigenvalue weighted by Gasteiger charge is 2.37. The van der Waals surface area contributed by atoms with Crippen LogP contribution in [0, 0.1) is 5.92 Å². The van der Waals surface area contributed by atoms with E-state index in [2.05, 4.69) is 19.2 Å². The molecule has 1 saturated heterocycles. The Kier molecular flexibility index (Phi) is 6.95. The molecule has 0 radical (unpaired) electrons. The van der Waals surface area contributed by atoms with Gasteiger partial charge >= 0.3 is 0 Å². The van der Waals surface area contributed by atoms with Crippen LogP contribution in [0.2, 0.25) is 0 Å². The molecule has 1 aliphatic heterocycles. The molecule has 0 saturated carbocycles. The van der Waals surface area contributed by atoms with Gasteiger partial charge in [-0.2, -0.15) is 4.31 Å². The lowest BCUT2D eigenvalue weighted by Crippen LogP contribution is -2.46. The maximum atomic E-state index is 12.1. The van der Waals surface area contributed by atoms with E-state index in [9.17, 15) is 13.2 Å². The highest BCUT2D eigenvalue weighted by Crippen LogP contribution is 2.22. The lowest BCUT2D eigenvalue weighted by molar-refractivity contribution is -0.124. The number of carbonyl (C=O) groups is 1. The van der Waals surface area contributed by atoms with Crippen molar-refractivity contribution >= 4 is 15.9 Å². The average molecular weight is 304 g/mol. The van der Waals surface area contributed by atoms with Crippen LogP contribution < -0.4 is 5.32 Å². The number of nitrogens with one attached hydrogen (secondary N) is 1. The van der Waals surface area contributed by atoms with E-state index in [1.54, 1.807) is 0 Å². The summed E-state index contributed by atoms with van der Waals surface area (Å²) in [6.07, 6.45) is 4.01. The van der Waals surface area contributed by atoms with E-state index in [-0.39, 0.29) is 11.7 Å². The van der Waals surface area contributed by atoms with Gasteiger partial charge in [-0.25, -0.2) is 8.42 Å². The number of hydrogen-bond donors (Lipinski definition) is 1. The van der Waals surface area contributed by atoms with Crippen LogP contribution in [-0.4, -0.2) is 43.5 Å². The van der Waals surface area contributed by atoms with Gasteiger partial charge in [-0.05, 0) is 38.0 Å². The molecule has 6 heteroatoms. The first-order valence-corrected chi connectivity index (χ1v) is 9.26. The molecule has 0 aliphatic carbocycles. The van der Waals surface area contributed by atoms with Crippen LogP contribution in [-0.2, 0) is 14.8 Å². The van der Waals surface area contributed by atoms with E-state index in [1.807, 2.05) is 6.92 Å². The second kappa shape index (κ2) is 7.98. The second-order valence-corrected chi connectivity index (χ2v) is 7.95. The van der Waals surface area contributed by atoms with Gasteiger partial charge < -0.3 is 5.32 Å². The monoisotopic (exact) mass is 304 g/mol. The zero-order valence-electron chi connectivity index (χ0n) is 12.9. The highest BCUT2D eigenvalue weighted by atomic mass is 32.2. The zero-order chi connectivity index (χ0) is 15.2. The van der Waals surface area contributed by atoms with E-state index >= 15 is 0 Å². The third kappa shape index (κ3) is 5.05. The third-order valence-electron chi connectivity index (χ3n) is 3.58. The zero-order valence-corrected chi connectivity index (χ0v) is 13.7. The van der Waals surface area contributed by atoms with Crippen LogP contribution in [0.4, 0.5) is 0 Å². The predicted octanol–water partition coefficient (Wildman–Crippen LogP) is 1.74. The largest absolute Gasteiger partial charge is 0.355 e. The van der Waals surface area contributed by atoms with Gasteiger partial charge in [0, 0.05) is 13.1 Å².